The van der Waals surface area contributed by atoms with Crippen molar-refractivity contribution >= 4 is 13.6 Å². The smallest absolute Gasteiger partial charge is 0.333 e. The minimum atomic E-state index is -3.07. The van der Waals surface area contributed by atoms with Gasteiger partial charge >= 0.3 is 13.6 Å². The van der Waals surface area contributed by atoms with E-state index in [9.17, 15) is 9.36 Å². The Hall–Kier alpha value is -0.680. The summed E-state index contributed by atoms with van der Waals surface area (Å²) in [6, 6.07) is -0.864. The van der Waals surface area contributed by atoms with E-state index in [4.69, 9.17) is 5.73 Å². The fourth-order valence-corrected chi connectivity index (χ4v) is 1.60. The minimum Gasteiger partial charge on any atom is -0.468 e. The van der Waals surface area contributed by atoms with Gasteiger partial charge in [0.15, 0.2) is 0 Å². The number of hydrogen-bond donors (Lipinski definition) is 1. The van der Waals surface area contributed by atoms with E-state index in [0.717, 1.165) is 0 Å². The van der Waals surface area contributed by atoms with Crippen LogP contribution in [0.25, 0.3) is 0 Å². The Bertz CT molecular complexity index is 270. The van der Waals surface area contributed by atoms with E-state index < -0.39 is 19.6 Å². The molecule has 0 bridgehead atoms. The molecule has 0 spiro atoms. The second kappa shape index (κ2) is 6.74. The number of allylic oxidation sites excluding steroid dienone is 1. The number of methoxy groups -OCH3 is 1. The molecule has 0 aliphatic carbocycles. The predicted octanol–water partition coefficient (Wildman–Crippen LogP) is 0.529. The molecular formula is C8H16NO5P. The lowest BCUT2D eigenvalue weighted by molar-refractivity contribution is -0.140. The van der Waals surface area contributed by atoms with Crippen molar-refractivity contribution in [2.75, 3.05) is 27.5 Å². The minimum absolute atomic E-state index is 0.0602. The van der Waals surface area contributed by atoms with Gasteiger partial charge in [0.2, 0.25) is 0 Å². The molecule has 7 heteroatoms. The van der Waals surface area contributed by atoms with E-state index in [2.05, 4.69) is 13.8 Å². The van der Waals surface area contributed by atoms with Gasteiger partial charge in [0.25, 0.3) is 0 Å². The molecule has 0 unspecified atom stereocenters. The Morgan fingerprint density at radius 1 is 1.40 bits per heavy atom. The maximum absolute atomic E-state index is 11.5. The Morgan fingerprint density at radius 2 is 1.93 bits per heavy atom. The normalized spacial score (nSPS) is 14.1. The summed E-state index contributed by atoms with van der Waals surface area (Å²) in [7, 11) is 0.751. The van der Waals surface area contributed by atoms with Crippen LogP contribution in [0.5, 0.6) is 0 Å². The molecule has 0 aromatic heterocycles. The molecule has 0 aromatic carbocycles. The fraction of sp³-hybridized carbons (Fsp3) is 0.625. The van der Waals surface area contributed by atoms with E-state index >= 15 is 0 Å². The molecule has 15 heavy (non-hydrogen) atoms. The van der Waals surface area contributed by atoms with Crippen molar-refractivity contribution in [3.8, 4) is 0 Å². The summed E-state index contributed by atoms with van der Waals surface area (Å²) < 4.78 is 25.3. The van der Waals surface area contributed by atoms with Crippen molar-refractivity contribution in [1.29, 1.82) is 0 Å². The van der Waals surface area contributed by atoms with Crippen LogP contribution >= 0.6 is 7.60 Å². The second-order valence-corrected chi connectivity index (χ2v) is 4.95. The first kappa shape index (κ1) is 14.3. The molecule has 0 fully saturated rings. The molecule has 0 heterocycles. The number of carbonyl (C=O) groups is 1. The highest BCUT2D eigenvalue weighted by Crippen LogP contribution is 2.46. The fourth-order valence-electron chi connectivity index (χ4n) is 0.775. The van der Waals surface area contributed by atoms with E-state index in [1.165, 1.54) is 33.5 Å². The van der Waals surface area contributed by atoms with Crippen molar-refractivity contribution in [3.63, 3.8) is 0 Å². The molecule has 0 rings (SSSR count). The summed E-state index contributed by atoms with van der Waals surface area (Å²) in [5.41, 5.74) is 5.41. The average molecular weight is 237 g/mol. The highest BCUT2D eigenvalue weighted by atomic mass is 31.2. The highest BCUT2D eigenvalue weighted by Gasteiger charge is 2.18. The third-order valence-electron chi connectivity index (χ3n) is 1.70. The molecule has 0 saturated heterocycles. The third-order valence-corrected chi connectivity index (χ3v) is 3.47. The van der Waals surface area contributed by atoms with Crippen molar-refractivity contribution < 1.29 is 23.1 Å². The van der Waals surface area contributed by atoms with E-state index in [1.54, 1.807) is 0 Å². The van der Waals surface area contributed by atoms with Gasteiger partial charge in [0.1, 0.15) is 6.04 Å². The SMILES string of the molecule is COC(=O)[C@@H](N)/C=C\CP(=O)(OC)OC. The van der Waals surface area contributed by atoms with Crippen molar-refractivity contribution in [2.24, 2.45) is 5.73 Å². The van der Waals surface area contributed by atoms with Gasteiger partial charge in [-0.2, -0.15) is 0 Å². The van der Waals surface area contributed by atoms with E-state index in [0.29, 0.717) is 0 Å². The average Bonchev–Trinajstić information content (AvgIpc) is 2.27. The Balaban J connectivity index is 4.20. The zero-order valence-electron chi connectivity index (χ0n) is 9.00. The summed E-state index contributed by atoms with van der Waals surface area (Å²) in [6.07, 6.45) is 2.91. The van der Waals surface area contributed by atoms with E-state index in [1.807, 2.05) is 0 Å². The van der Waals surface area contributed by atoms with Crippen LogP contribution in [-0.4, -0.2) is 39.5 Å². The van der Waals surface area contributed by atoms with Crippen LogP contribution < -0.4 is 5.73 Å². The van der Waals surface area contributed by atoms with Crippen LogP contribution in [0.2, 0.25) is 0 Å². The number of hydrogen-bond acceptors (Lipinski definition) is 6. The van der Waals surface area contributed by atoms with Gasteiger partial charge in [-0.3, -0.25) is 9.36 Å². The Morgan fingerprint density at radius 3 is 2.33 bits per heavy atom. The standard InChI is InChI=1S/C8H16NO5P/c1-12-8(10)7(9)5-4-6-15(11,13-2)14-3/h4-5,7H,6,9H2,1-3H3/b5-4-/t7-/m0/s1. The summed E-state index contributed by atoms with van der Waals surface area (Å²) in [5.74, 6) is -0.559. The molecule has 0 saturated carbocycles. The summed E-state index contributed by atoms with van der Waals surface area (Å²) in [4.78, 5) is 10.9. The van der Waals surface area contributed by atoms with Gasteiger partial charge in [-0.1, -0.05) is 12.2 Å². The summed E-state index contributed by atoms with van der Waals surface area (Å²) in [6.45, 7) is 0. The highest BCUT2D eigenvalue weighted by molar-refractivity contribution is 7.54. The van der Waals surface area contributed by atoms with Gasteiger partial charge in [0, 0.05) is 14.2 Å². The molecule has 0 aromatic rings. The van der Waals surface area contributed by atoms with Gasteiger partial charge < -0.3 is 19.5 Å². The van der Waals surface area contributed by atoms with Crippen molar-refractivity contribution in [1.82, 2.24) is 0 Å². The van der Waals surface area contributed by atoms with Gasteiger partial charge in [-0.15, -0.1) is 0 Å². The van der Waals surface area contributed by atoms with Gasteiger partial charge in [-0.05, 0) is 0 Å². The van der Waals surface area contributed by atoms with Gasteiger partial charge in [-0.25, -0.2) is 0 Å². The molecule has 0 amide bonds. The Labute approximate surface area is 88.9 Å². The molecule has 0 aliphatic rings. The second-order valence-electron chi connectivity index (χ2n) is 2.64. The molecule has 6 nitrogen and oxygen atoms in total. The zero-order valence-corrected chi connectivity index (χ0v) is 9.90. The predicted molar refractivity (Wildman–Crippen MR) is 55.6 cm³/mol. The molecule has 88 valence electrons. The number of nitrogens with two attached hydrogens (primary N) is 1. The molecule has 2 N–H and O–H groups in total. The van der Waals surface area contributed by atoms with Crippen LogP contribution in [0.15, 0.2) is 12.2 Å². The maximum Gasteiger partial charge on any atom is 0.333 e. The molecule has 0 radical (unpaired) electrons. The first-order valence-corrected chi connectivity index (χ1v) is 5.92. The quantitative estimate of drug-likeness (QED) is 0.412. The van der Waals surface area contributed by atoms with Crippen LogP contribution in [0.3, 0.4) is 0 Å². The molecular weight excluding hydrogens is 221 g/mol. The first-order valence-electron chi connectivity index (χ1n) is 4.19. The van der Waals surface area contributed by atoms with Crippen LogP contribution in [0.1, 0.15) is 0 Å². The largest absolute Gasteiger partial charge is 0.468 e. The van der Waals surface area contributed by atoms with Crippen molar-refractivity contribution in [3.05, 3.63) is 12.2 Å². The lowest BCUT2D eigenvalue weighted by atomic mass is 10.3. The topological polar surface area (TPSA) is 87.9 Å². The maximum atomic E-state index is 11.5. The first-order chi connectivity index (χ1) is 6.99. The van der Waals surface area contributed by atoms with Crippen molar-refractivity contribution in [2.45, 2.75) is 6.04 Å². The summed E-state index contributed by atoms with van der Waals surface area (Å²) >= 11 is 0. The summed E-state index contributed by atoms with van der Waals surface area (Å²) in [5, 5.41) is 0. The number of esters is 1. The lowest BCUT2D eigenvalue weighted by Crippen LogP contribution is -2.29. The lowest BCUT2D eigenvalue weighted by Gasteiger charge is -2.10. The number of carbonyl (C=O) groups excluding carboxylic acids is 1. The zero-order chi connectivity index (χ0) is 11.9. The van der Waals surface area contributed by atoms with Crippen LogP contribution in [-0.2, 0) is 23.1 Å². The monoisotopic (exact) mass is 237 g/mol. The van der Waals surface area contributed by atoms with Gasteiger partial charge in [0.05, 0.1) is 13.3 Å². The molecule has 0 aliphatic heterocycles. The number of ether oxygens (including phenoxy) is 1. The Kier molecular flexibility index (Phi) is 6.43. The van der Waals surface area contributed by atoms with Crippen LogP contribution in [0, 0.1) is 0 Å². The van der Waals surface area contributed by atoms with Crippen LogP contribution in [0.4, 0.5) is 0 Å². The van der Waals surface area contributed by atoms with E-state index in [-0.39, 0.29) is 6.16 Å². The third kappa shape index (κ3) is 5.09. The molecule has 1 atom stereocenters. The number of rotatable bonds is 6.